The van der Waals surface area contributed by atoms with Gasteiger partial charge in [0.1, 0.15) is 5.75 Å². The number of nitrogens with one attached hydrogen (secondary N) is 3. The van der Waals surface area contributed by atoms with Crippen molar-refractivity contribution in [3.8, 4) is 5.75 Å². The third-order valence-electron chi connectivity index (χ3n) is 4.01. The van der Waals surface area contributed by atoms with Crippen LogP contribution in [0.25, 0.3) is 0 Å². The number of methoxy groups -OCH3 is 1. The van der Waals surface area contributed by atoms with Gasteiger partial charge in [-0.3, -0.25) is 9.59 Å². The Morgan fingerprint density at radius 3 is 2.50 bits per heavy atom. The molecule has 1 atom stereocenters. The van der Waals surface area contributed by atoms with Gasteiger partial charge in [0.15, 0.2) is 0 Å². The van der Waals surface area contributed by atoms with Crippen molar-refractivity contribution in [2.45, 2.75) is 13.5 Å². The first-order valence-electron chi connectivity index (χ1n) is 7.48. The van der Waals surface area contributed by atoms with Crippen LogP contribution in [-0.2, 0) is 16.1 Å². The third-order valence-corrected chi connectivity index (χ3v) is 4.01. The number of benzene rings is 1. The molecule has 1 unspecified atom stereocenters. The topological polar surface area (TPSA) is 79.5 Å². The Kier molecular flexibility index (Phi) is 5.77. The summed E-state index contributed by atoms with van der Waals surface area (Å²) in [6.07, 6.45) is 0. The Labute approximate surface area is 130 Å². The van der Waals surface area contributed by atoms with Gasteiger partial charge in [-0.15, -0.1) is 0 Å². The molecule has 6 nitrogen and oxygen atoms in total. The fourth-order valence-corrected chi connectivity index (χ4v) is 2.21. The lowest BCUT2D eigenvalue weighted by molar-refractivity contribution is -0.129. The van der Waals surface area contributed by atoms with Crippen LogP contribution in [0.5, 0.6) is 5.75 Å². The first-order chi connectivity index (χ1) is 10.6. The highest BCUT2D eigenvalue weighted by Crippen LogP contribution is 2.15. The Bertz CT molecular complexity index is 512. The van der Waals surface area contributed by atoms with Gasteiger partial charge in [0.2, 0.25) is 11.8 Å². The molecule has 22 heavy (non-hydrogen) atoms. The smallest absolute Gasteiger partial charge is 0.239 e. The van der Waals surface area contributed by atoms with Gasteiger partial charge in [-0.1, -0.05) is 19.1 Å². The maximum absolute atomic E-state index is 11.9. The number of hydrogen-bond acceptors (Lipinski definition) is 4. The number of ether oxygens (including phenoxy) is 1. The van der Waals surface area contributed by atoms with Crippen LogP contribution < -0.4 is 20.7 Å². The molecular weight excluding hydrogens is 282 g/mol. The molecule has 1 aliphatic heterocycles. The highest BCUT2D eigenvalue weighted by molar-refractivity contribution is 5.85. The van der Waals surface area contributed by atoms with Gasteiger partial charge >= 0.3 is 0 Å². The molecule has 1 heterocycles. The van der Waals surface area contributed by atoms with E-state index in [0.29, 0.717) is 12.5 Å². The Morgan fingerprint density at radius 2 is 1.95 bits per heavy atom. The summed E-state index contributed by atoms with van der Waals surface area (Å²) in [7, 11) is 1.61. The summed E-state index contributed by atoms with van der Waals surface area (Å²) in [6.45, 7) is 4.09. The molecule has 1 aromatic carbocycles. The first-order valence-corrected chi connectivity index (χ1v) is 7.48. The van der Waals surface area contributed by atoms with E-state index >= 15 is 0 Å². The molecule has 120 valence electrons. The van der Waals surface area contributed by atoms with Crippen molar-refractivity contribution in [3.05, 3.63) is 29.8 Å². The zero-order valence-electron chi connectivity index (χ0n) is 13.0. The minimum absolute atomic E-state index is 0.0134. The number of rotatable bonds is 7. The van der Waals surface area contributed by atoms with E-state index in [4.69, 9.17) is 4.74 Å². The number of carbonyl (C=O) groups is 2. The Balaban J connectivity index is 1.67. The molecule has 6 heteroatoms. The van der Waals surface area contributed by atoms with Crippen LogP contribution in [0.3, 0.4) is 0 Å². The van der Waals surface area contributed by atoms with Crippen molar-refractivity contribution in [3.63, 3.8) is 0 Å². The van der Waals surface area contributed by atoms with Crippen molar-refractivity contribution in [1.82, 2.24) is 16.0 Å². The van der Waals surface area contributed by atoms with Crippen LogP contribution in [0.2, 0.25) is 0 Å². The van der Waals surface area contributed by atoms with E-state index in [1.807, 2.05) is 31.2 Å². The SMILES string of the molecule is COc1ccc(CNC(=O)CNC(=O)C(C)C2CNC2)cc1. The maximum Gasteiger partial charge on any atom is 0.239 e. The summed E-state index contributed by atoms with van der Waals surface area (Å²) in [5.74, 6) is 0.842. The van der Waals surface area contributed by atoms with Gasteiger partial charge in [-0.2, -0.15) is 0 Å². The van der Waals surface area contributed by atoms with E-state index in [1.54, 1.807) is 7.11 Å². The summed E-state index contributed by atoms with van der Waals surface area (Å²) < 4.78 is 5.08. The molecule has 1 fully saturated rings. The first kappa shape index (κ1) is 16.3. The molecule has 3 N–H and O–H groups in total. The molecule has 1 aliphatic rings. The minimum atomic E-state index is -0.192. The van der Waals surface area contributed by atoms with Crippen LogP contribution in [0.15, 0.2) is 24.3 Å². The fourth-order valence-electron chi connectivity index (χ4n) is 2.21. The molecule has 1 saturated heterocycles. The van der Waals surface area contributed by atoms with Crippen LogP contribution in [0.4, 0.5) is 0 Å². The quantitative estimate of drug-likeness (QED) is 0.676. The van der Waals surface area contributed by atoms with Crippen LogP contribution in [-0.4, -0.2) is 38.6 Å². The lowest BCUT2D eigenvalue weighted by Crippen LogP contribution is -2.50. The van der Waals surface area contributed by atoms with Crippen LogP contribution in [0, 0.1) is 11.8 Å². The van der Waals surface area contributed by atoms with Crippen LogP contribution in [0.1, 0.15) is 12.5 Å². The predicted molar refractivity (Wildman–Crippen MR) is 83.4 cm³/mol. The van der Waals surface area contributed by atoms with E-state index in [9.17, 15) is 9.59 Å². The van der Waals surface area contributed by atoms with E-state index in [2.05, 4.69) is 16.0 Å². The molecule has 0 spiro atoms. The largest absolute Gasteiger partial charge is 0.497 e. The summed E-state index contributed by atoms with van der Waals surface area (Å²) >= 11 is 0. The molecule has 0 saturated carbocycles. The lowest BCUT2D eigenvalue weighted by Gasteiger charge is -2.31. The second-order valence-electron chi connectivity index (χ2n) is 5.55. The minimum Gasteiger partial charge on any atom is -0.497 e. The Morgan fingerprint density at radius 1 is 1.27 bits per heavy atom. The molecule has 0 bridgehead atoms. The zero-order chi connectivity index (χ0) is 15.9. The van der Waals surface area contributed by atoms with Crippen LogP contribution >= 0.6 is 0 Å². The standard InChI is InChI=1S/C16H23N3O3/c1-11(13-8-17-9-13)16(21)19-10-15(20)18-7-12-3-5-14(22-2)6-4-12/h3-6,11,13,17H,7-10H2,1-2H3,(H,18,20)(H,19,21). The molecular formula is C16H23N3O3. The van der Waals surface area contributed by atoms with Gasteiger partial charge in [-0.25, -0.2) is 0 Å². The summed E-state index contributed by atoms with van der Waals surface area (Å²) in [6, 6.07) is 7.47. The predicted octanol–water partition coefficient (Wildman–Crippen LogP) is 0.283. The molecule has 0 aromatic heterocycles. The van der Waals surface area contributed by atoms with Crippen molar-refractivity contribution in [2.75, 3.05) is 26.7 Å². The lowest BCUT2D eigenvalue weighted by atomic mass is 9.88. The average molecular weight is 305 g/mol. The highest BCUT2D eigenvalue weighted by Gasteiger charge is 2.28. The van der Waals surface area contributed by atoms with Crippen molar-refractivity contribution in [1.29, 1.82) is 0 Å². The van der Waals surface area contributed by atoms with E-state index < -0.39 is 0 Å². The van der Waals surface area contributed by atoms with E-state index in [1.165, 1.54) is 0 Å². The normalized spacial score (nSPS) is 15.5. The summed E-state index contributed by atoms with van der Waals surface area (Å²) in [5, 5.41) is 8.61. The van der Waals surface area contributed by atoms with Gasteiger partial charge < -0.3 is 20.7 Å². The Hall–Kier alpha value is -2.08. The van der Waals surface area contributed by atoms with E-state index in [-0.39, 0.29) is 24.3 Å². The third kappa shape index (κ3) is 4.46. The number of amides is 2. The van der Waals surface area contributed by atoms with Gasteiger partial charge in [-0.05, 0) is 36.7 Å². The highest BCUT2D eigenvalue weighted by atomic mass is 16.5. The van der Waals surface area contributed by atoms with Gasteiger partial charge in [0.05, 0.1) is 13.7 Å². The van der Waals surface area contributed by atoms with Crippen molar-refractivity contribution < 1.29 is 14.3 Å². The summed E-state index contributed by atoms with van der Waals surface area (Å²) in [4.78, 5) is 23.7. The monoisotopic (exact) mass is 305 g/mol. The van der Waals surface area contributed by atoms with Gasteiger partial charge in [0.25, 0.3) is 0 Å². The molecule has 2 rings (SSSR count). The number of hydrogen-bond donors (Lipinski definition) is 3. The molecule has 0 radical (unpaired) electrons. The molecule has 0 aliphatic carbocycles. The van der Waals surface area contributed by atoms with Crippen molar-refractivity contribution in [2.24, 2.45) is 11.8 Å². The number of carbonyl (C=O) groups excluding carboxylic acids is 2. The maximum atomic E-state index is 11.9. The molecule has 2 amide bonds. The zero-order valence-corrected chi connectivity index (χ0v) is 13.0. The second-order valence-corrected chi connectivity index (χ2v) is 5.55. The summed E-state index contributed by atoms with van der Waals surface area (Å²) in [5.41, 5.74) is 0.981. The average Bonchev–Trinajstić information content (AvgIpc) is 2.49. The van der Waals surface area contributed by atoms with E-state index in [0.717, 1.165) is 24.4 Å². The molecule has 1 aromatic rings. The fraction of sp³-hybridized carbons (Fsp3) is 0.500. The second kappa shape index (κ2) is 7.79. The van der Waals surface area contributed by atoms with Crippen molar-refractivity contribution >= 4 is 11.8 Å². The van der Waals surface area contributed by atoms with Gasteiger partial charge in [0, 0.05) is 12.5 Å².